The molecule has 2 aliphatic rings. The molecule has 3 rings (SSSR count). The van der Waals surface area contributed by atoms with Crippen molar-refractivity contribution in [1.82, 2.24) is 0 Å². The number of nitriles is 1. The van der Waals surface area contributed by atoms with Crippen LogP contribution in [0.3, 0.4) is 0 Å². The summed E-state index contributed by atoms with van der Waals surface area (Å²) in [6.07, 6.45) is 2.57. The number of hydrogen-bond donors (Lipinski definition) is 0. The van der Waals surface area contributed by atoms with Crippen molar-refractivity contribution < 1.29 is 14.3 Å². The van der Waals surface area contributed by atoms with Crippen LogP contribution in [0.25, 0.3) is 0 Å². The van der Waals surface area contributed by atoms with Crippen LogP contribution in [0.4, 0.5) is 0 Å². The van der Waals surface area contributed by atoms with Crippen LogP contribution in [0.1, 0.15) is 24.8 Å². The third-order valence-electron chi connectivity index (χ3n) is 3.60. The number of hydrogen-bond acceptors (Lipinski definition) is 4. The third-order valence-corrected chi connectivity index (χ3v) is 3.60. The SMILES string of the molecule is N#Cc1ccc(OCC2CC3(CC3)C(=O)O2)cc1. The molecule has 0 amide bonds. The summed E-state index contributed by atoms with van der Waals surface area (Å²) >= 11 is 0. The van der Waals surface area contributed by atoms with E-state index in [1.54, 1.807) is 24.3 Å². The van der Waals surface area contributed by atoms with Gasteiger partial charge in [-0.3, -0.25) is 4.79 Å². The Balaban J connectivity index is 1.55. The summed E-state index contributed by atoms with van der Waals surface area (Å²) in [5, 5.41) is 8.68. The first-order chi connectivity index (χ1) is 8.72. The molecule has 4 heteroatoms. The van der Waals surface area contributed by atoms with Crippen LogP contribution in [0.2, 0.25) is 0 Å². The maximum atomic E-state index is 11.5. The summed E-state index contributed by atoms with van der Waals surface area (Å²) < 4.78 is 10.9. The third kappa shape index (κ3) is 1.92. The Morgan fingerprint density at radius 2 is 2.11 bits per heavy atom. The van der Waals surface area contributed by atoms with Gasteiger partial charge in [0, 0.05) is 6.42 Å². The molecule has 0 N–H and O–H groups in total. The highest BCUT2D eigenvalue weighted by Gasteiger charge is 2.57. The van der Waals surface area contributed by atoms with Gasteiger partial charge in [0.15, 0.2) is 0 Å². The highest BCUT2D eigenvalue weighted by atomic mass is 16.6. The zero-order chi connectivity index (χ0) is 12.6. The molecule has 1 saturated heterocycles. The molecule has 1 aliphatic carbocycles. The minimum Gasteiger partial charge on any atom is -0.490 e. The molecule has 0 aromatic heterocycles. The van der Waals surface area contributed by atoms with Crippen LogP contribution < -0.4 is 4.74 Å². The van der Waals surface area contributed by atoms with Gasteiger partial charge in [0.2, 0.25) is 0 Å². The zero-order valence-corrected chi connectivity index (χ0v) is 9.89. The average molecular weight is 243 g/mol. The number of esters is 1. The van der Waals surface area contributed by atoms with Gasteiger partial charge in [-0.1, -0.05) is 0 Å². The number of cyclic esters (lactones) is 1. The number of carbonyl (C=O) groups excluding carboxylic acids is 1. The van der Waals surface area contributed by atoms with E-state index in [2.05, 4.69) is 6.07 Å². The second-order valence-corrected chi connectivity index (χ2v) is 4.96. The Morgan fingerprint density at radius 1 is 1.39 bits per heavy atom. The minimum absolute atomic E-state index is 0.0593. The molecule has 92 valence electrons. The standard InChI is InChI=1S/C14H13NO3/c15-8-10-1-3-11(4-2-10)17-9-12-7-14(5-6-14)13(16)18-12/h1-4,12H,5-7,9H2. The Morgan fingerprint density at radius 3 is 2.67 bits per heavy atom. The molecule has 2 fully saturated rings. The molecule has 1 atom stereocenters. The van der Waals surface area contributed by atoms with Crippen LogP contribution >= 0.6 is 0 Å². The summed E-state index contributed by atoms with van der Waals surface area (Å²) in [6.45, 7) is 0.388. The Hall–Kier alpha value is -2.02. The van der Waals surface area contributed by atoms with E-state index in [9.17, 15) is 4.79 Å². The number of carbonyl (C=O) groups is 1. The van der Waals surface area contributed by atoms with Crippen LogP contribution in [0, 0.1) is 16.7 Å². The summed E-state index contributed by atoms with van der Waals surface area (Å²) in [7, 11) is 0. The molecule has 1 aromatic rings. The minimum atomic E-state index is -0.168. The highest BCUT2D eigenvalue weighted by molar-refractivity contribution is 5.82. The molecule has 0 bridgehead atoms. The summed E-state index contributed by atoms with van der Waals surface area (Å²) in [4.78, 5) is 11.5. The smallest absolute Gasteiger partial charge is 0.312 e. The molecule has 1 aliphatic heterocycles. The quantitative estimate of drug-likeness (QED) is 0.762. The van der Waals surface area contributed by atoms with Gasteiger partial charge < -0.3 is 9.47 Å². The van der Waals surface area contributed by atoms with Gasteiger partial charge in [-0.05, 0) is 37.1 Å². The van der Waals surface area contributed by atoms with E-state index in [1.807, 2.05) is 0 Å². The molecule has 1 spiro atoms. The lowest BCUT2D eigenvalue weighted by Crippen LogP contribution is -2.17. The van der Waals surface area contributed by atoms with E-state index in [0.717, 1.165) is 19.3 Å². The van der Waals surface area contributed by atoms with E-state index >= 15 is 0 Å². The van der Waals surface area contributed by atoms with Gasteiger partial charge in [0.05, 0.1) is 17.0 Å². The molecule has 1 heterocycles. The van der Waals surface area contributed by atoms with Gasteiger partial charge in [-0.2, -0.15) is 5.26 Å². The molecule has 1 saturated carbocycles. The monoisotopic (exact) mass is 243 g/mol. The van der Waals surface area contributed by atoms with Crippen LogP contribution in [-0.2, 0) is 9.53 Å². The molecular weight excluding hydrogens is 230 g/mol. The first-order valence-corrected chi connectivity index (χ1v) is 6.06. The summed E-state index contributed by atoms with van der Waals surface area (Å²) in [6, 6.07) is 8.97. The predicted molar refractivity (Wildman–Crippen MR) is 62.8 cm³/mol. The average Bonchev–Trinajstić information content (AvgIpc) is 3.10. The van der Waals surface area contributed by atoms with E-state index in [-0.39, 0.29) is 17.5 Å². The lowest BCUT2D eigenvalue weighted by molar-refractivity contribution is -0.146. The molecule has 18 heavy (non-hydrogen) atoms. The van der Waals surface area contributed by atoms with Crippen LogP contribution in [0.5, 0.6) is 5.75 Å². The fourth-order valence-corrected chi connectivity index (χ4v) is 2.30. The van der Waals surface area contributed by atoms with Gasteiger partial charge in [-0.25, -0.2) is 0 Å². The Bertz CT molecular complexity index is 511. The maximum Gasteiger partial charge on any atom is 0.312 e. The van der Waals surface area contributed by atoms with E-state index < -0.39 is 0 Å². The first-order valence-electron chi connectivity index (χ1n) is 6.06. The normalized spacial score (nSPS) is 23.5. The van der Waals surface area contributed by atoms with Crippen molar-refractivity contribution in [3.05, 3.63) is 29.8 Å². The molecule has 1 unspecified atom stereocenters. The largest absolute Gasteiger partial charge is 0.490 e. The first kappa shape index (κ1) is 11.1. The van der Waals surface area contributed by atoms with E-state index in [4.69, 9.17) is 14.7 Å². The second-order valence-electron chi connectivity index (χ2n) is 4.96. The fourth-order valence-electron chi connectivity index (χ4n) is 2.30. The topological polar surface area (TPSA) is 59.3 Å². The van der Waals surface area contributed by atoms with Crippen molar-refractivity contribution in [1.29, 1.82) is 5.26 Å². The van der Waals surface area contributed by atoms with Crippen LogP contribution in [0.15, 0.2) is 24.3 Å². The number of benzene rings is 1. The Labute approximate surface area is 105 Å². The van der Waals surface area contributed by atoms with Gasteiger partial charge >= 0.3 is 5.97 Å². The molecule has 4 nitrogen and oxygen atoms in total. The van der Waals surface area contributed by atoms with E-state index in [0.29, 0.717) is 17.9 Å². The second kappa shape index (κ2) is 4.02. The number of nitrogens with zero attached hydrogens (tertiary/aromatic N) is 1. The van der Waals surface area contributed by atoms with Crippen molar-refractivity contribution >= 4 is 5.97 Å². The molecule has 1 aromatic carbocycles. The summed E-state index contributed by atoms with van der Waals surface area (Å²) in [5.41, 5.74) is 0.435. The lowest BCUT2D eigenvalue weighted by Gasteiger charge is -2.10. The molecular formula is C14H13NO3. The van der Waals surface area contributed by atoms with Gasteiger partial charge in [0.1, 0.15) is 18.5 Å². The number of ether oxygens (including phenoxy) is 2. The van der Waals surface area contributed by atoms with Crippen molar-refractivity contribution in [3.8, 4) is 11.8 Å². The van der Waals surface area contributed by atoms with Crippen molar-refractivity contribution in [2.45, 2.75) is 25.4 Å². The zero-order valence-electron chi connectivity index (χ0n) is 9.89. The van der Waals surface area contributed by atoms with Crippen molar-refractivity contribution in [3.63, 3.8) is 0 Å². The summed E-state index contributed by atoms with van der Waals surface area (Å²) in [5.74, 6) is 0.637. The van der Waals surface area contributed by atoms with Gasteiger partial charge in [-0.15, -0.1) is 0 Å². The van der Waals surface area contributed by atoms with Gasteiger partial charge in [0.25, 0.3) is 0 Å². The maximum absolute atomic E-state index is 11.5. The van der Waals surface area contributed by atoms with Crippen molar-refractivity contribution in [2.75, 3.05) is 6.61 Å². The highest BCUT2D eigenvalue weighted by Crippen LogP contribution is 2.54. The number of rotatable bonds is 3. The lowest BCUT2D eigenvalue weighted by atomic mass is 10.0. The molecule has 0 radical (unpaired) electrons. The predicted octanol–water partition coefficient (Wildman–Crippen LogP) is 2.03. The van der Waals surface area contributed by atoms with Crippen LogP contribution in [-0.4, -0.2) is 18.7 Å². The fraction of sp³-hybridized carbons (Fsp3) is 0.429. The van der Waals surface area contributed by atoms with E-state index in [1.165, 1.54) is 0 Å². The van der Waals surface area contributed by atoms with Crippen molar-refractivity contribution in [2.24, 2.45) is 5.41 Å². The Kier molecular flexibility index (Phi) is 2.48.